The third-order valence-electron chi connectivity index (χ3n) is 3.07. The molecule has 4 heteroatoms. The molecule has 0 saturated heterocycles. The third-order valence-corrected chi connectivity index (χ3v) is 5.46. The lowest BCUT2D eigenvalue weighted by molar-refractivity contribution is 0.549. The number of nitrogens with one attached hydrogen (secondary N) is 1. The van der Waals surface area contributed by atoms with Crippen molar-refractivity contribution in [3.05, 3.63) is 54.6 Å². The highest BCUT2D eigenvalue weighted by atomic mass is 79.9. The molecule has 0 radical (unpaired) electrons. The van der Waals surface area contributed by atoms with Gasteiger partial charge in [0.25, 0.3) is 0 Å². The summed E-state index contributed by atoms with van der Waals surface area (Å²) >= 11 is 8.95. The van der Waals surface area contributed by atoms with Gasteiger partial charge in [-0.25, -0.2) is 0 Å². The largest absolute Gasteiger partial charge is 0.310 e. The van der Waals surface area contributed by atoms with Crippen LogP contribution < -0.4 is 5.32 Å². The number of benzene rings is 1. The van der Waals surface area contributed by atoms with Gasteiger partial charge in [-0.2, -0.15) is 0 Å². The molecule has 0 aliphatic rings. The lowest BCUT2D eigenvalue weighted by Crippen LogP contribution is -2.22. The van der Waals surface area contributed by atoms with Crippen LogP contribution in [0.5, 0.6) is 0 Å². The average molecular weight is 403 g/mol. The van der Waals surface area contributed by atoms with Crippen LogP contribution in [0.3, 0.4) is 0 Å². The monoisotopic (exact) mass is 401 g/mol. The summed E-state index contributed by atoms with van der Waals surface area (Å²) in [7, 11) is 0. The van der Waals surface area contributed by atoms with Crippen LogP contribution in [-0.4, -0.2) is 6.54 Å². The van der Waals surface area contributed by atoms with Crippen molar-refractivity contribution >= 4 is 43.2 Å². The van der Waals surface area contributed by atoms with Crippen LogP contribution in [0.2, 0.25) is 0 Å². The topological polar surface area (TPSA) is 12.0 Å². The van der Waals surface area contributed by atoms with Crippen molar-refractivity contribution in [3.8, 4) is 0 Å². The Morgan fingerprint density at radius 1 is 1.21 bits per heavy atom. The highest BCUT2D eigenvalue weighted by molar-refractivity contribution is 9.12. The summed E-state index contributed by atoms with van der Waals surface area (Å²) in [4.78, 5) is 0. The van der Waals surface area contributed by atoms with Gasteiger partial charge in [0, 0.05) is 6.04 Å². The van der Waals surface area contributed by atoms with Gasteiger partial charge in [0.1, 0.15) is 0 Å². The van der Waals surface area contributed by atoms with Crippen LogP contribution in [0.4, 0.5) is 0 Å². The van der Waals surface area contributed by atoms with E-state index in [0.29, 0.717) is 6.04 Å². The second-order valence-electron chi connectivity index (χ2n) is 4.58. The molecule has 0 aliphatic carbocycles. The molecular formula is C15H17Br2NS. The molecule has 1 heterocycles. The molecule has 1 aromatic carbocycles. The van der Waals surface area contributed by atoms with Crippen LogP contribution in [0, 0.1) is 6.92 Å². The fraction of sp³-hybridized carbons (Fsp3) is 0.333. The van der Waals surface area contributed by atoms with Gasteiger partial charge < -0.3 is 5.32 Å². The van der Waals surface area contributed by atoms with Gasteiger partial charge in [-0.15, -0.1) is 11.3 Å². The van der Waals surface area contributed by atoms with Crippen molar-refractivity contribution in [2.45, 2.75) is 26.3 Å². The molecule has 1 aromatic heterocycles. The quantitative estimate of drug-likeness (QED) is 0.698. The zero-order valence-electron chi connectivity index (χ0n) is 11.0. The van der Waals surface area contributed by atoms with E-state index in [1.54, 1.807) is 11.3 Å². The van der Waals surface area contributed by atoms with E-state index in [0.717, 1.165) is 13.0 Å². The van der Waals surface area contributed by atoms with E-state index in [2.05, 4.69) is 81.4 Å². The second kappa shape index (κ2) is 7.02. The molecule has 1 nitrogen and oxygen atoms in total. The number of halogens is 2. The minimum atomic E-state index is 0.352. The zero-order chi connectivity index (χ0) is 13.8. The van der Waals surface area contributed by atoms with Gasteiger partial charge in [-0.05, 0) is 68.9 Å². The maximum absolute atomic E-state index is 3.66. The average Bonchev–Trinajstić information content (AvgIpc) is 2.71. The molecule has 0 fully saturated rings. The van der Waals surface area contributed by atoms with Crippen molar-refractivity contribution in [1.82, 2.24) is 5.32 Å². The summed E-state index contributed by atoms with van der Waals surface area (Å²) in [5.41, 5.74) is 4.01. The Morgan fingerprint density at radius 2 is 1.89 bits per heavy atom. The van der Waals surface area contributed by atoms with E-state index >= 15 is 0 Å². The van der Waals surface area contributed by atoms with Crippen LogP contribution in [0.25, 0.3) is 0 Å². The predicted molar refractivity (Wildman–Crippen MR) is 91.0 cm³/mol. The maximum Gasteiger partial charge on any atom is 0.0758 e. The first-order chi connectivity index (χ1) is 9.10. The lowest BCUT2D eigenvalue weighted by Gasteiger charge is -2.18. The Bertz CT molecular complexity index is 534. The van der Waals surface area contributed by atoms with Crippen molar-refractivity contribution in [2.24, 2.45) is 0 Å². The van der Waals surface area contributed by atoms with Gasteiger partial charge in [-0.3, -0.25) is 0 Å². The van der Waals surface area contributed by atoms with Gasteiger partial charge in [0.2, 0.25) is 0 Å². The number of thiophene rings is 1. The highest BCUT2D eigenvalue weighted by Crippen LogP contribution is 2.36. The molecule has 1 N–H and O–H groups in total. The molecule has 0 spiro atoms. The molecule has 2 aromatic rings. The number of aryl methyl sites for hydroxylation is 1. The summed E-state index contributed by atoms with van der Waals surface area (Å²) in [6, 6.07) is 11.3. The Balaban J connectivity index is 2.20. The zero-order valence-corrected chi connectivity index (χ0v) is 15.0. The van der Waals surface area contributed by atoms with E-state index < -0.39 is 0 Å². The molecule has 0 amide bonds. The van der Waals surface area contributed by atoms with Crippen LogP contribution in [0.1, 0.15) is 29.7 Å². The van der Waals surface area contributed by atoms with Gasteiger partial charge in [0.05, 0.1) is 7.57 Å². The van der Waals surface area contributed by atoms with E-state index in [9.17, 15) is 0 Å². The molecular weight excluding hydrogens is 386 g/mol. The molecule has 19 heavy (non-hydrogen) atoms. The number of hydrogen-bond donors (Lipinski definition) is 1. The number of rotatable bonds is 5. The minimum absolute atomic E-state index is 0.352. The van der Waals surface area contributed by atoms with Crippen molar-refractivity contribution in [1.29, 1.82) is 0 Å². The first kappa shape index (κ1) is 15.2. The standard InChI is InChI=1S/C15H17Br2NS/c1-3-18-13(12-9-14(16)19-15(12)17)8-11-6-4-10(2)5-7-11/h4-7,9,13,18H,3,8H2,1-2H3. The summed E-state index contributed by atoms with van der Waals surface area (Å²) in [6.45, 7) is 5.24. The van der Waals surface area contributed by atoms with Gasteiger partial charge in [0.15, 0.2) is 0 Å². The molecule has 1 atom stereocenters. The summed E-state index contributed by atoms with van der Waals surface area (Å²) in [5, 5.41) is 3.57. The maximum atomic E-state index is 3.66. The Morgan fingerprint density at radius 3 is 2.42 bits per heavy atom. The summed E-state index contributed by atoms with van der Waals surface area (Å²) in [6.07, 6.45) is 1.01. The number of hydrogen-bond acceptors (Lipinski definition) is 2. The lowest BCUT2D eigenvalue weighted by atomic mass is 10.0. The SMILES string of the molecule is CCNC(Cc1ccc(C)cc1)c1cc(Br)sc1Br. The molecule has 102 valence electrons. The summed E-state index contributed by atoms with van der Waals surface area (Å²) in [5.74, 6) is 0. The first-order valence-corrected chi connectivity index (χ1v) is 8.74. The molecule has 0 aliphatic heterocycles. The minimum Gasteiger partial charge on any atom is -0.310 e. The Kier molecular flexibility index (Phi) is 5.63. The Labute approximate surface area is 135 Å². The van der Waals surface area contributed by atoms with Crippen LogP contribution in [0.15, 0.2) is 37.9 Å². The fourth-order valence-corrected chi connectivity index (χ4v) is 5.06. The number of likely N-dealkylation sites (N-methyl/N-ethyl adjacent to an activating group) is 1. The van der Waals surface area contributed by atoms with Crippen molar-refractivity contribution < 1.29 is 0 Å². The van der Waals surface area contributed by atoms with E-state index in [1.807, 2.05) is 0 Å². The van der Waals surface area contributed by atoms with Crippen molar-refractivity contribution in [2.75, 3.05) is 6.54 Å². The van der Waals surface area contributed by atoms with E-state index in [-0.39, 0.29) is 0 Å². The molecule has 1 unspecified atom stereocenters. The molecule has 0 saturated carbocycles. The van der Waals surface area contributed by atoms with Crippen LogP contribution in [-0.2, 0) is 6.42 Å². The van der Waals surface area contributed by atoms with E-state index in [1.165, 1.54) is 24.3 Å². The van der Waals surface area contributed by atoms with Gasteiger partial charge in [-0.1, -0.05) is 36.8 Å². The second-order valence-corrected chi connectivity index (χ2v) is 8.33. The normalized spacial score (nSPS) is 12.6. The van der Waals surface area contributed by atoms with Crippen LogP contribution >= 0.6 is 43.2 Å². The molecule has 2 rings (SSSR count). The first-order valence-electron chi connectivity index (χ1n) is 6.33. The summed E-state index contributed by atoms with van der Waals surface area (Å²) < 4.78 is 2.37. The smallest absolute Gasteiger partial charge is 0.0758 e. The van der Waals surface area contributed by atoms with Gasteiger partial charge >= 0.3 is 0 Å². The Hall–Kier alpha value is -0.160. The fourth-order valence-electron chi connectivity index (χ4n) is 2.09. The highest BCUT2D eigenvalue weighted by Gasteiger charge is 2.16. The third kappa shape index (κ3) is 4.15. The van der Waals surface area contributed by atoms with Crippen molar-refractivity contribution in [3.63, 3.8) is 0 Å². The predicted octanol–water partition coefficient (Wildman–Crippen LogP) is 5.47. The molecule has 0 bridgehead atoms. The van der Waals surface area contributed by atoms with E-state index in [4.69, 9.17) is 0 Å².